The Labute approximate surface area is 121 Å². The van der Waals surface area contributed by atoms with E-state index in [1.165, 1.54) is 0 Å². The Hall–Kier alpha value is -1.55. The molecule has 0 spiro atoms. The zero-order valence-corrected chi connectivity index (χ0v) is 13.1. The third-order valence-corrected chi connectivity index (χ3v) is 3.95. The number of rotatable bonds is 2. The minimum Gasteiger partial charge on any atom is -0.378 e. The summed E-state index contributed by atoms with van der Waals surface area (Å²) in [5.74, 6) is 0.119. The van der Waals surface area contributed by atoms with Crippen molar-refractivity contribution in [1.82, 2.24) is 10.2 Å². The number of nitrogens with zero attached hydrogens (tertiary/aromatic N) is 2. The van der Waals surface area contributed by atoms with Crippen LogP contribution in [0.2, 0.25) is 0 Å². The van der Waals surface area contributed by atoms with Crippen molar-refractivity contribution in [3.8, 4) is 0 Å². The number of amides is 1. The monoisotopic (exact) mass is 275 g/mol. The van der Waals surface area contributed by atoms with E-state index in [1.54, 1.807) is 0 Å². The van der Waals surface area contributed by atoms with Crippen LogP contribution in [0.4, 0.5) is 5.69 Å². The smallest absolute Gasteiger partial charge is 0.254 e. The van der Waals surface area contributed by atoms with Crippen LogP contribution in [0.3, 0.4) is 0 Å². The molecule has 4 heteroatoms. The maximum Gasteiger partial charge on any atom is 0.254 e. The molecule has 1 N–H and O–H groups in total. The first-order valence-corrected chi connectivity index (χ1v) is 7.14. The zero-order valence-electron chi connectivity index (χ0n) is 13.1. The van der Waals surface area contributed by atoms with Crippen molar-refractivity contribution >= 4 is 11.6 Å². The third-order valence-electron chi connectivity index (χ3n) is 3.95. The molecular weight excluding hydrogens is 250 g/mol. The first-order valence-electron chi connectivity index (χ1n) is 7.14. The van der Waals surface area contributed by atoms with Gasteiger partial charge in [-0.15, -0.1) is 0 Å². The lowest BCUT2D eigenvalue weighted by molar-refractivity contribution is 0.0411. The second-order valence-corrected chi connectivity index (χ2v) is 6.45. The summed E-state index contributed by atoms with van der Waals surface area (Å²) in [5, 5.41) is 3.43. The number of nitrogens with one attached hydrogen (secondary N) is 1. The van der Waals surface area contributed by atoms with E-state index in [2.05, 4.69) is 26.1 Å². The number of carbonyl (C=O) groups is 1. The van der Waals surface area contributed by atoms with E-state index in [0.717, 1.165) is 24.3 Å². The van der Waals surface area contributed by atoms with Crippen molar-refractivity contribution in [3.63, 3.8) is 0 Å². The van der Waals surface area contributed by atoms with Crippen LogP contribution < -0.4 is 10.2 Å². The van der Waals surface area contributed by atoms with Gasteiger partial charge in [-0.1, -0.05) is 0 Å². The van der Waals surface area contributed by atoms with Crippen LogP contribution in [0.1, 0.15) is 31.1 Å². The van der Waals surface area contributed by atoms with E-state index in [0.29, 0.717) is 6.04 Å². The minimum absolute atomic E-state index is 0.119. The fourth-order valence-corrected chi connectivity index (χ4v) is 2.52. The Kier molecular flexibility index (Phi) is 4.04. The maximum atomic E-state index is 12.7. The predicted octanol–water partition coefficient (Wildman–Crippen LogP) is 1.97. The van der Waals surface area contributed by atoms with Crippen LogP contribution in [0.15, 0.2) is 24.3 Å². The summed E-state index contributed by atoms with van der Waals surface area (Å²) in [5.41, 5.74) is 1.72. The fourth-order valence-electron chi connectivity index (χ4n) is 2.52. The molecule has 2 rings (SSSR count). The van der Waals surface area contributed by atoms with Crippen molar-refractivity contribution < 1.29 is 4.79 Å². The Balaban J connectivity index is 2.21. The van der Waals surface area contributed by atoms with Crippen molar-refractivity contribution in [3.05, 3.63) is 29.8 Å². The topological polar surface area (TPSA) is 35.6 Å². The number of carbonyl (C=O) groups excluding carboxylic acids is 1. The summed E-state index contributed by atoms with van der Waals surface area (Å²) < 4.78 is 0. The van der Waals surface area contributed by atoms with Gasteiger partial charge in [-0.3, -0.25) is 4.79 Å². The average Bonchev–Trinajstić information content (AvgIpc) is 2.41. The number of hydrogen-bond donors (Lipinski definition) is 1. The molecule has 20 heavy (non-hydrogen) atoms. The van der Waals surface area contributed by atoms with E-state index in [4.69, 9.17) is 0 Å². The maximum absolute atomic E-state index is 12.7. The molecule has 0 saturated carbocycles. The van der Waals surface area contributed by atoms with Crippen molar-refractivity contribution in [1.29, 1.82) is 0 Å². The van der Waals surface area contributed by atoms with Crippen LogP contribution >= 0.6 is 0 Å². The van der Waals surface area contributed by atoms with Gasteiger partial charge in [-0.05, 0) is 45.0 Å². The zero-order chi connectivity index (χ0) is 14.9. The highest BCUT2D eigenvalue weighted by atomic mass is 16.2. The van der Waals surface area contributed by atoms with Gasteiger partial charge in [0.05, 0.1) is 5.54 Å². The molecule has 110 valence electrons. The van der Waals surface area contributed by atoms with Crippen LogP contribution in [0, 0.1) is 0 Å². The molecular formula is C16H25N3O. The molecule has 0 aromatic heterocycles. The highest BCUT2D eigenvalue weighted by Gasteiger charge is 2.36. The van der Waals surface area contributed by atoms with E-state index in [9.17, 15) is 4.79 Å². The second-order valence-electron chi connectivity index (χ2n) is 6.45. The number of benzene rings is 1. The standard InChI is InChI=1S/C16H25N3O/c1-12-10-19(16(2,3)11-17-12)15(20)13-6-8-14(9-7-13)18(4)5/h6-9,12,17H,10-11H2,1-5H3. The molecule has 1 aliphatic heterocycles. The minimum atomic E-state index is -0.149. The summed E-state index contributed by atoms with van der Waals surface area (Å²) in [7, 11) is 4.00. The first kappa shape index (κ1) is 14.9. The molecule has 0 radical (unpaired) electrons. The summed E-state index contributed by atoms with van der Waals surface area (Å²) in [4.78, 5) is 16.7. The third kappa shape index (κ3) is 2.96. The lowest BCUT2D eigenvalue weighted by Crippen LogP contribution is -2.62. The number of piperazine rings is 1. The molecule has 0 bridgehead atoms. The van der Waals surface area contributed by atoms with Crippen LogP contribution in [-0.2, 0) is 0 Å². The van der Waals surface area contributed by atoms with Crippen LogP contribution in [-0.4, -0.2) is 49.6 Å². The van der Waals surface area contributed by atoms with Gasteiger partial charge in [0.1, 0.15) is 0 Å². The second kappa shape index (κ2) is 5.44. The van der Waals surface area contributed by atoms with Crippen LogP contribution in [0.5, 0.6) is 0 Å². The number of hydrogen-bond acceptors (Lipinski definition) is 3. The SMILES string of the molecule is CC1CN(C(=O)c2ccc(N(C)C)cc2)C(C)(C)CN1. The van der Waals surface area contributed by atoms with E-state index in [-0.39, 0.29) is 11.4 Å². The largest absolute Gasteiger partial charge is 0.378 e. The normalized spacial score (nSPS) is 21.6. The highest BCUT2D eigenvalue weighted by molar-refractivity contribution is 5.95. The molecule has 1 heterocycles. The van der Waals surface area contributed by atoms with E-state index in [1.807, 2.05) is 48.2 Å². The molecule has 1 aliphatic rings. The Morgan fingerprint density at radius 3 is 2.45 bits per heavy atom. The van der Waals surface area contributed by atoms with Gasteiger partial charge in [0.2, 0.25) is 0 Å². The molecule has 4 nitrogen and oxygen atoms in total. The van der Waals surface area contributed by atoms with Crippen molar-refractivity contribution in [2.75, 3.05) is 32.1 Å². The fraction of sp³-hybridized carbons (Fsp3) is 0.562. The van der Waals surface area contributed by atoms with Gasteiger partial charge in [-0.2, -0.15) is 0 Å². The predicted molar refractivity (Wildman–Crippen MR) is 83.3 cm³/mol. The highest BCUT2D eigenvalue weighted by Crippen LogP contribution is 2.22. The van der Waals surface area contributed by atoms with Gasteiger partial charge in [0, 0.05) is 44.5 Å². The summed E-state index contributed by atoms with van der Waals surface area (Å²) >= 11 is 0. The number of anilines is 1. The molecule has 1 aromatic carbocycles. The Bertz CT molecular complexity index is 479. The molecule has 1 fully saturated rings. The molecule has 0 aliphatic carbocycles. The van der Waals surface area contributed by atoms with E-state index < -0.39 is 0 Å². The Morgan fingerprint density at radius 2 is 1.90 bits per heavy atom. The first-order chi connectivity index (χ1) is 9.31. The van der Waals surface area contributed by atoms with Crippen molar-refractivity contribution in [2.45, 2.75) is 32.4 Å². The van der Waals surface area contributed by atoms with Gasteiger partial charge >= 0.3 is 0 Å². The lowest BCUT2D eigenvalue weighted by atomic mass is 9.96. The van der Waals surface area contributed by atoms with Gasteiger partial charge in [-0.25, -0.2) is 0 Å². The van der Waals surface area contributed by atoms with Gasteiger partial charge < -0.3 is 15.1 Å². The summed E-state index contributed by atoms with van der Waals surface area (Å²) in [6.45, 7) is 7.91. The average molecular weight is 275 g/mol. The Morgan fingerprint density at radius 1 is 1.30 bits per heavy atom. The lowest BCUT2D eigenvalue weighted by Gasteiger charge is -2.45. The molecule has 1 atom stereocenters. The quantitative estimate of drug-likeness (QED) is 0.896. The molecule has 1 saturated heterocycles. The van der Waals surface area contributed by atoms with Crippen molar-refractivity contribution in [2.24, 2.45) is 0 Å². The van der Waals surface area contributed by atoms with Crippen LogP contribution in [0.25, 0.3) is 0 Å². The van der Waals surface area contributed by atoms with E-state index >= 15 is 0 Å². The van der Waals surface area contributed by atoms with Gasteiger partial charge in [0.25, 0.3) is 5.91 Å². The molecule has 1 aromatic rings. The summed E-state index contributed by atoms with van der Waals surface area (Å²) in [6, 6.07) is 8.16. The molecule has 1 unspecified atom stereocenters. The summed E-state index contributed by atoms with van der Waals surface area (Å²) in [6.07, 6.45) is 0. The molecule has 1 amide bonds. The van der Waals surface area contributed by atoms with Gasteiger partial charge in [0.15, 0.2) is 0 Å².